The molecule has 4 rings (SSSR count). The van der Waals surface area contributed by atoms with Crippen LogP contribution in [-0.4, -0.2) is 37.1 Å². The molecule has 1 unspecified atom stereocenters. The minimum Gasteiger partial charge on any atom is -0.493 e. The van der Waals surface area contributed by atoms with Crippen molar-refractivity contribution in [2.75, 3.05) is 25.2 Å². The smallest absolute Gasteiger partial charge is 0.264 e. The summed E-state index contributed by atoms with van der Waals surface area (Å²) in [6.07, 6.45) is -0.450. The molecule has 1 atom stereocenters. The van der Waals surface area contributed by atoms with Crippen molar-refractivity contribution in [1.82, 2.24) is 0 Å². The van der Waals surface area contributed by atoms with Gasteiger partial charge in [-0.25, -0.2) is 0 Å². The van der Waals surface area contributed by atoms with Gasteiger partial charge in [0.05, 0.1) is 30.8 Å². The van der Waals surface area contributed by atoms with E-state index in [1.807, 2.05) is 12.1 Å². The maximum atomic E-state index is 13.3. The van der Waals surface area contributed by atoms with Gasteiger partial charge in [0.25, 0.3) is 5.91 Å². The third kappa shape index (κ3) is 4.42. The topological polar surface area (TPSA) is 76.1 Å². The van der Waals surface area contributed by atoms with Gasteiger partial charge in [0.15, 0.2) is 22.9 Å². The molecule has 3 aromatic rings. The molecule has 1 N–H and O–H groups in total. The quantitative estimate of drug-likeness (QED) is 0.459. The van der Waals surface area contributed by atoms with Gasteiger partial charge in [-0.05, 0) is 36.4 Å². The number of Topliss-reactive ketones (excluding diaryl/α,β-unsaturated/α-hetero) is 1. The Morgan fingerprint density at radius 3 is 2.45 bits per heavy atom. The molecule has 6 nitrogen and oxygen atoms in total. The number of ketones is 1. The minimum absolute atomic E-state index is 0.160. The molecule has 0 radical (unpaired) electrons. The summed E-state index contributed by atoms with van der Waals surface area (Å²) in [6, 6.07) is 18.5. The van der Waals surface area contributed by atoms with Crippen LogP contribution in [0.1, 0.15) is 22.3 Å². The lowest BCUT2D eigenvalue weighted by atomic mass is 9.88. The maximum Gasteiger partial charge on any atom is 0.264 e. The van der Waals surface area contributed by atoms with Crippen LogP contribution in [0.25, 0.3) is 0 Å². The number of para-hydroxylation sites is 3. The Balaban J connectivity index is 1.55. The van der Waals surface area contributed by atoms with Crippen LogP contribution in [0.4, 0.5) is 5.69 Å². The van der Waals surface area contributed by atoms with Gasteiger partial charge in [-0.1, -0.05) is 53.5 Å². The lowest BCUT2D eigenvalue weighted by molar-refractivity contribution is -0.135. The molecule has 0 saturated heterocycles. The van der Waals surface area contributed by atoms with E-state index >= 15 is 0 Å². The Kier molecular flexibility index (Phi) is 6.61. The van der Waals surface area contributed by atoms with E-state index in [2.05, 4.69) is 0 Å². The SMILES string of the molecule is COc1ccccc1OCCN1C(=O)C(O)(CC(=O)c2ccc(Cl)cc2Cl)c2ccccc21. The van der Waals surface area contributed by atoms with Crippen molar-refractivity contribution < 1.29 is 24.2 Å². The molecule has 1 aliphatic heterocycles. The Bertz CT molecular complexity index is 1210. The highest BCUT2D eigenvalue weighted by atomic mass is 35.5. The van der Waals surface area contributed by atoms with Gasteiger partial charge in [-0.3, -0.25) is 9.59 Å². The number of aliphatic hydroxyl groups is 1. The third-order valence-corrected chi connectivity index (χ3v) is 6.08. The molecular formula is C25H21Cl2NO5. The molecule has 0 saturated carbocycles. The first-order valence-electron chi connectivity index (χ1n) is 10.2. The van der Waals surface area contributed by atoms with Crippen LogP contribution in [0.3, 0.4) is 0 Å². The van der Waals surface area contributed by atoms with Gasteiger partial charge in [-0.15, -0.1) is 0 Å². The lowest BCUT2D eigenvalue weighted by Gasteiger charge is -2.23. The average Bonchev–Trinajstić information content (AvgIpc) is 3.01. The van der Waals surface area contributed by atoms with Crippen molar-refractivity contribution in [3.05, 3.63) is 87.9 Å². The molecule has 1 heterocycles. The number of halogens is 2. The van der Waals surface area contributed by atoms with E-state index in [1.165, 1.54) is 23.1 Å². The summed E-state index contributed by atoms with van der Waals surface area (Å²) in [7, 11) is 1.55. The summed E-state index contributed by atoms with van der Waals surface area (Å²) in [6.45, 7) is 0.333. The number of rotatable bonds is 8. The van der Waals surface area contributed by atoms with Crippen LogP contribution in [0.5, 0.6) is 11.5 Å². The van der Waals surface area contributed by atoms with Crippen LogP contribution in [0.15, 0.2) is 66.7 Å². The monoisotopic (exact) mass is 485 g/mol. The van der Waals surface area contributed by atoms with Crippen molar-refractivity contribution >= 4 is 40.6 Å². The third-order valence-electron chi connectivity index (χ3n) is 5.53. The number of fused-ring (bicyclic) bond motifs is 1. The van der Waals surface area contributed by atoms with Crippen LogP contribution < -0.4 is 14.4 Å². The fourth-order valence-corrected chi connectivity index (χ4v) is 4.44. The molecule has 0 aliphatic carbocycles. The largest absolute Gasteiger partial charge is 0.493 e. The van der Waals surface area contributed by atoms with Gasteiger partial charge in [-0.2, -0.15) is 0 Å². The first kappa shape index (κ1) is 23.1. The number of hydrogen-bond donors (Lipinski definition) is 1. The number of methoxy groups -OCH3 is 1. The average molecular weight is 486 g/mol. The summed E-state index contributed by atoms with van der Waals surface area (Å²) in [5.74, 6) is 0.0653. The number of carbonyl (C=O) groups is 2. The van der Waals surface area contributed by atoms with Crippen LogP contribution in [-0.2, 0) is 10.4 Å². The zero-order valence-corrected chi connectivity index (χ0v) is 19.3. The number of anilines is 1. The van der Waals surface area contributed by atoms with E-state index in [-0.39, 0.29) is 23.7 Å². The predicted molar refractivity (Wildman–Crippen MR) is 127 cm³/mol. The van der Waals surface area contributed by atoms with E-state index < -0.39 is 23.7 Å². The second-order valence-electron chi connectivity index (χ2n) is 7.56. The number of hydrogen-bond acceptors (Lipinski definition) is 5. The second-order valence-corrected chi connectivity index (χ2v) is 8.40. The van der Waals surface area contributed by atoms with Gasteiger partial charge < -0.3 is 19.5 Å². The fraction of sp³-hybridized carbons (Fsp3) is 0.200. The fourth-order valence-electron chi connectivity index (χ4n) is 3.93. The summed E-state index contributed by atoms with van der Waals surface area (Å²) in [5.41, 5.74) is -0.923. The molecular weight excluding hydrogens is 465 g/mol. The van der Waals surface area contributed by atoms with E-state index in [4.69, 9.17) is 32.7 Å². The first-order valence-corrected chi connectivity index (χ1v) is 11.0. The van der Waals surface area contributed by atoms with Gasteiger partial charge >= 0.3 is 0 Å². The molecule has 0 spiro atoms. The van der Waals surface area contributed by atoms with Crippen molar-refractivity contribution in [2.45, 2.75) is 12.0 Å². The van der Waals surface area contributed by atoms with Crippen molar-refractivity contribution in [3.8, 4) is 11.5 Å². The van der Waals surface area contributed by atoms with Crippen LogP contribution in [0, 0.1) is 0 Å². The van der Waals surface area contributed by atoms with E-state index in [1.54, 1.807) is 43.5 Å². The number of amides is 1. The Morgan fingerprint density at radius 1 is 1.03 bits per heavy atom. The van der Waals surface area contributed by atoms with E-state index in [0.29, 0.717) is 27.8 Å². The van der Waals surface area contributed by atoms with Gasteiger partial charge in [0, 0.05) is 16.1 Å². The summed E-state index contributed by atoms with van der Waals surface area (Å²) in [5, 5.41) is 12.0. The lowest BCUT2D eigenvalue weighted by Crippen LogP contribution is -2.43. The molecule has 1 aliphatic rings. The number of ether oxygens (including phenoxy) is 2. The molecule has 33 heavy (non-hydrogen) atoms. The van der Waals surface area contributed by atoms with E-state index in [9.17, 15) is 14.7 Å². The zero-order valence-electron chi connectivity index (χ0n) is 17.8. The molecule has 0 fully saturated rings. The highest BCUT2D eigenvalue weighted by Crippen LogP contribution is 2.43. The maximum absolute atomic E-state index is 13.3. The van der Waals surface area contributed by atoms with Crippen LogP contribution in [0.2, 0.25) is 10.0 Å². The van der Waals surface area contributed by atoms with E-state index in [0.717, 1.165) is 0 Å². The van der Waals surface area contributed by atoms with Gasteiger partial charge in [0.2, 0.25) is 0 Å². The predicted octanol–water partition coefficient (Wildman–Crippen LogP) is 4.89. The normalized spacial score (nSPS) is 17.1. The Morgan fingerprint density at radius 2 is 1.73 bits per heavy atom. The molecule has 0 aromatic heterocycles. The number of carbonyl (C=O) groups excluding carboxylic acids is 2. The van der Waals surface area contributed by atoms with Crippen molar-refractivity contribution in [2.24, 2.45) is 0 Å². The highest BCUT2D eigenvalue weighted by molar-refractivity contribution is 6.37. The molecule has 3 aromatic carbocycles. The molecule has 1 amide bonds. The molecule has 0 bridgehead atoms. The first-order chi connectivity index (χ1) is 15.8. The van der Waals surface area contributed by atoms with Crippen LogP contribution >= 0.6 is 23.2 Å². The van der Waals surface area contributed by atoms with Crippen molar-refractivity contribution in [3.63, 3.8) is 0 Å². The summed E-state index contributed by atoms with van der Waals surface area (Å²) in [4.78, 5) is 27.7. The van der Waals surface area contributed by atoms with Crippen molar-refractivity contribution in [1.29, 1.82) is 0 Å². The second kappa shape index (κ2) is 9.43. The zero-order chi connectivity index (χ0) is 23.6. The Hall–Kier alpha value is -3.06. The standard InChI is InChI=1S/C25H21Cl2NO5/c1-32-22-8-4-5-9-23(22)33-13-12-28-20-7-3-2-6-18(20)25(31,24(28)30)15-21(29)17-11-10-16(26)14-19(17)27/h2-11,14,31H,12-13,15H2,1H3. The Labute approximate surface area is 201 Å². The molecule has 8 heteroatoms. The van der Waals surface area contributed by atoms with Gasteiger partial charge in [0.1, 0.15) is 6.61 Å². The highest BCUT2D eigenvalue weighted by Gasteiger charge is 2.50. The number of nitrogens with zero attached hydrogens (tertiary/aromatic N) is 1. The molecule has 170 valence electrons. The summed E-state index contributed by atoms with van der Waals surface area (Å²) < 4.78 is 11.1. The minimum atomic E-state index is -2.01. The summed E-state index contributed by atoms with van der Waals surface area (Å²) >= 11 is 12.1. The number of benzene rings is 3.